The average molecular weight is 449 g/mol. The van der Waals surface area contributed by atoms with E-state index in [1.165, 1.54) is 46.6 Å². The monoisotopic (exact) mass is 448 g/mol. The molecule has 162 valence electrons. The number of halogens is 1. The number of carbonyl (C=O) groups excluding carboxylic acids is 2. The van der Waals surface area contributed by atoms with E-state index in [9.17, 15) is 14.0 Å². The first-order chi connectivity index (χ1) is 15.6. The number of aryl methyl sites for hydroxylation is 1. The molecule has 5 rings (SSSR count). The highest BCUT2D eigenvalue weighted by atomic mass is 32.1. The third-order valence-corrected chi connectivity index (χ3v) is 6.78. The van der Waals surface area contributed by atoms with Gasteiger partial charge in [-0.3, -0.25) is 14.9 Å². The molecule has 8 heteroatoms. The maximum Gasteiger partial charge on any atom is 0.257 e. The van der Waals surface area contributed by atoms with E-state index >= 15 is 0 Å². The molecule has 1 aliphatic carbocycles. The molecule has 4 aromatic rings. The third-order valence-electron chi connectivity index (χ3n) is 5.73. The highest BCUT2D eigenvalue weighted by Crippen LogP contribution is 2.38. The van der Waals surface area contributed by atoms with Crippen LogP contribution in [0.25, 0.3) is 10.9 Å². The molecule has 0 unspecified atom stereocenters. The number of rotatable bonds is 6. The second-order valence-electron chi connectivity index (χ2n) is 7.78. The number of carbonyl (C=O) groups is 2. The van der Waals surface area contributed by atoms with Gasteiger partial charge in [0.1, 0.15) is 5.82 Å². The van der Waals surface area contributed by atoms with E-state index in [4.69, 9.17) is 0 Å². The molecule has 1 atom stereocenters. The van der Waals surface area contributed by atoms with E-state index in [-0.39, 0.29) is 17.7 Å². The van der Waals surface area contributed by atoms with Crippen LogP contribution in [0.5, 0.6) is 0 Å². The van der Waals surface area contributed by atoms with Crippen LogP contribution in [0.15, 0.2) is 54.7 Å². The highest BCUT2D eigenvalue weighted by molar-refractivity contribution is 7.16. The summed E-state index contributed by atoms with van der Waals surface area (Å²) in [6, 6.07) is 13.4. The number of nitrogens with zero attached hydrogens (tertiary/aromatic N) is 1. The summed E-state index contributed by atoms with van der Waals surface area (Å²) in [5.74, 6) is -1.09. The van der Waals surface area contributed by atoms with Crippen LogP contribution >= 0.6 is 11.3 Å². The Labute approximate surface area is 187 Å². The summed E-state index contributed by atoms with van der Waals surface area (Å²) in [4.78, 5) is 34.0. The van der Waals surface area contributed by atoms with Gasteiger partial charge in [-0.1, -0.05) is 18.2 Å². The van der Waals surface area contributed by atoms with Crippen LogP contribution in [0.2, 0.25) is 0 Å². The molecule has 1 aliphatic rings. The van der Waals surface area contributed by atoms with Crippen molar-refractivity contribution >= 4 is 39.2 Å². The number of aromatic amines is 1. The Morgan fingerprint density at radius 1 is 1.16 bits per heavy atom. The molecule has 3 N–H and O–H groups in total. The molecular formula is C24H21FN4O2S. The molecule has 6 nitrogen and oxygen atoms in total. The fourth-order valence-corrected chi connectivity index (χ4v) is 5.12. The number of para-hydroxylation sites is 1. The average Bonchev–Trinajstić information content (AvgIpc) is 3.48. The first-order valence-corrected chi connectivity index (χ1v) is 11.3. The standard InChI is InChI=1S/C24H21FN4O2S/c25-16-7-5-14(6-8-16)22(30)29-24-28-21-18(9-10-20(21)32-24)23(31)26-12-11-15-13-27-19-4-2-1-3-17(15)19/h1-8,13,18,27H,9-12H2,(H,26,31)(H,28,29,30)/t18-/m0/s1. The van der Waals surface area contributed by atoms with E-state index in [2.05, 4.69) is 26.7 Å². The Kier molecular flexibility index (Phi) is 5.45. The number of nitrogens with one attached hydrogen (secondary N) is 3. The van der Waals surface area contributed by atoms with Gasteiger partial charge in [-0.05, 0) is 55.2 Å². The van der Waals surface area contributed by atoms with Gasteiger partial charge in [-0.2, -0.15) is 0 Å². The number of amides is 2. The summed E-state index contributed by atoms with van der Waals surface area (Å²) < 4.78 is 13.1. The van der Waals surface area contributed by atoms with Crippen molar-refractivity contribution in [3.63, 3.8) is 0 Å². The van der Waals surface area contributed by atoms with Gasteiger partial charge in [0.2, 0.25) is 5.91 Å². The summed E-state index contributed by atoms with van der Waals surface area (Å²) in [5.41, 5.74) is 3.36. The van der Waals surface area contributed by atoms with Crippen LogP contribution in [0, 0.1) is 5.82 Å². The van der Waals surface area contributed by atoms with Crippen LogP contribution in [0.4, 0.5) is 9.52 Å². The van der Waals surface area contributed by atoms with Gasteiger partial charge in [-0.15, -0.1) is 11.3 Å². The molecular weight excluding hydrogens is 427 g/mol. The van der Waals surface area contributed by atoms with Crippen molar-refractivity contribution in [2.45, 2.75) is 25.2 Å². The molecule has 0 radical (unpaired) electrons. The molecule has 0 saturated heterocycles. The Bertz CT molecular complexity index is 1300. The fourth-order valence-electron chi connectivity index (χ4n) is 4.09. The predicted molar refractivity (Wildman–Crippen MR) is 123 cm³/mol. The van der Waals surface area contributed by atoms with E-state index in [0.717, 1.165) is 35.4 Å². The molecule has 2 aromatic heterocycles. The highest BCUT2D eigenvalue weighted by Gasteiger charge is 2.32. The molecule has 2 amide bonds. The molecule has 0 fully saturated rings. The lowest BCUT2D eigenvalue weighted by molar-refractivity contribution is -0.122. The number of H-pyrrole nitrogens is 1. The number of anilines is 1. The first-order valence-electron chi connectivity index (χ1n) is 10.5. The molecule has 2 aromatic carbocycles. The van der Waals surface area contributed by atoms with Crippen LogP contribution in [0.3, 0.4) is 0 Å². The summed E-state index contributed by atoms with van der Waals surface area (Å²) in [7, 11) is 0. The van der Waals surface area contributed by atoms with Crippen LogP contribution in [-0.4, -0.2) is 28.3 Å². The number of hydrogen-bond acceptors (Lipinski definition) is 4. The van der Waals surface area contributed by atoms with E-state index in [0.29, 0.717) is 17.2 Å². The van der Waals surface area contributed by atoms with Crippen molar-refractivity contribution in [2.24, 2.45) is 0 Å². The molecule has 2 heterocycles. The van der Waals surface area contributed by atoms with E-state index < -0.39 is 5.82 Å². The topological polar surface area (TPSA) is 86.9 Å². The molecule has 0 aliphatic heterocycles. The SMILES string of the molecule is O=C(Nc1nc2c(s1)CC[C@@H]2C(=O)NCCc1c[nH]c2ccccc12)c1ccc(F)cc1. The van der Waals surface area contributed by atoms with Gasteiger partial charge in [0, 0.05) is 34.1 Å². The lowest BCUT2D eigenvalue weighted by Gasteiger charge is -2.10. The van der Waals surface area contributed by atoms with Gasteiger partial charge in [0.25, 0.3) is 5.91 Å². The molecule has 0 bridgehead atoms. The van der Waals surface area contributed by atoms with Crippen molar-refractivity contribution in [2.75, 3.05) is 11.9 Å². The lowest BCUT2D eigenvalue weighted by atomic mass is 10.1. The second-order valence-corrected chi connectivity index (χ2v) is 8.86. The zero-order chi connectivity index (χ0) is 22.1. The van der Waals surface area contributed by atoms with Gasteiger partial charge in [0.05, 0.1) is 11.6 Å². The normalized spacial score (nSPS) is 15.0. The van der Waals surface area contributed by atoms with Gasteiger partial charge in [0.15, 0.2) is 5.13 Å². The van der Waals surface area contributed by atoms with Crippen molar-refractivity contribution in [3.05, 3.63) is 82.2 Å². The zero-order valence-electron chi connectivity index (χ0n) is 17.2. The summed E-state index contributed by atoms with van der Waals surface area (Å²) in [5, 5.41) is 7.43. The summed E-state index contributed by atoms with van der Waals surface area (Å²) >= 11 is 1.39. The van der Waals surface area contributed by atoms with Gasteiger partial charge >= 0.3 is 0 Å². The maximum atomic E-state index is 13.1. The van der Waals surface area contributed by atoms with Crippen molar-refractivity contribution in [3.8, 4) is 0 Å². The van der Waals surface area contributed by atoms with Crippen molar-refractivity contribution in [1.29, 1.82) is 0 Å². The Hall–Kier alpha value is -3.52. The van der Waals surface area contributed by atoms with Crippen molar-refractivity contribution in [1.82, 2.24) is 15.3 Å². The Morgan fingerprint density at radius 3 is 2.81 bits per heavy atom. The first kappa shape index (κ1) is 20.4. The predicted octanol–water partition coefficient (Wildman–Crippen LogP) is 4.40. The van der Waals surface area contributed by atoms with Gasteiger partial charge < -0.3 is 10.3 Å². The minimum absolute atomic E-state index is 0.0368. The van der Waals surface area contributed by atoms with Crippen LogP contribution in [0.1, 0.15) is 38.8 Å². The molecule has 0 saturated carbocycles. The van der Waals surface area contributed by atoms with E-state index in [1.807, 2.05) is 24.4 Å². The number of aromatic nitrogens is 2. The lowest BCUT2D eigenvalue weighted by Crippen LogP contribution is -2.30. The van der Waals surface area contributed by atoms with Crippen LogP contribution < -0.4 is 10.6 Å². The van der Waals surface area contributed by atoms with E-state index in [1.54, 1.807) is 0 Å². The third kappa shape index (κ3) is 4.01. The minimum Gasteiger partial charge on any atom is -0.361 e. The molecule has 32 heavy (non-hydrogen) atoms. The number of thiazole rings is 1. The number of benzene rings is 2. The molecule has 0 spiro atoms. The quantitative estimate of drug-likeness (QED) is 0.409. The second kappa shape index (κ2) is 8.55. The van der Waals surface area contributed by atoms with Crippen molar-refractivity contribution < 1.29 is 14.0 Å². The zero-order valence-corrected chi connectivity index (χ0v) is 18.0. The fraction of sp³-hybridized carbons (Fsp3) is 0.208. The Morgan fingerprint density at radius 2 is 1.97 bits per heavy atom. The van der Waals surface area contributed by atoms with Crippen LogP contribution in [-0.2, 0) is 17.6 Å². The largest absolute Gasteiger partial charge is 0.361 e. The summed E-state index contributed by atoms with van der Waals surface area (Å²) in [6.45, 7) is 0.546. The minimum atomic E-state index is -0.395. The Balaban J connectivity index is 1.20. The van der Waals surface area contributed by atoms with Gasteiger partial charge in [-0.25, -0.2) is 9.37 Å². The maximum absolute atomic E-state index is 13.1. The summed E-state index contributed by atoms with van der Waals surface area (Å²) in [6.07, 6.45) is 4.21. The smallest absolute Gasteiger partial charge is 0.257 e. The number of fused-ring (bicyclic) bond motifs is 2. The number of hydrogen-bond donors (Lipinski definition) is 3.